The van der Waals surface area contributed by atoms with Crippen LogP contribution in [0.3, 0.4) is 0 Å². The SMILES string of the molecule is N#C[C@H]1C[C@@H](c2ccc([N+](=O)[O-])cc2)N(c2ccc(C=O)cc2)O1. The molecule has 2 aromatic carbocycles. The Balaban J connectivity index is 1.92. The van der Waals surface area contributed by atoms with Crippen LogP contribution in [0.4, 0.5) is 11.4 Å². The van der Waals surface area contributed by atoms with Gasteiger partial charge in [-0.2, -0.15) is 5.26 Å². The van der Waals surface area contributed by atoms with Gasteiger partial charge >= 0.3 is 0 Å². The number of benzene rings is 2. The first-order valence-electron chi connectivity index (χ1n) is 7.27. The molecule has 1 aliphatic rings. The average molecular weight is 323 g/mol. The molecule has 0 unspecified atom stereocenters. The number of hydroxylamine groups is 1. The number of carbonyl (C=O) groups is 1. The van der Waals surface area contributed by atoms with E-state index in [1.807, 2.05) is 0 Å². The Labute approximate surface area is 137 Å². The van der Waals surface area contributed by atoms with Gasteiger partial charge in [0.25, 0.3) is 5.69 Å². The highest BCUT2D eigenvalue weighted by atomic mass is 16.7. The van der Waals surface area contributed by atoms with Crippen molar-refractivity contribution in [3.8, 4) is 6.07 Å². The number of anilines is 1. The van der Waals surface area contributed by atoms with Crippen molar-refractivity contribution in [3.05, 3.63) is 69.8 Å². The van der Waals surface area contributed by atoms with Crippen molar-refractivity contribution in [3.63, 3.8) is 0 Å². The van der Waals surface area contributed by atoms with E-state index < -0.39 is 11.0 Å². The van der Waals surface area contributed by atoms with Crippen LogP contribution in [-0.4, -0.2) is 17.3 Å². The second kappa shape index (κ2) is 6.48. The predicted molar refractivity (Wildman–Crippen MR) is 85.2 cm³/mol. The molecule has 0 radical (unpaired) electrons. The molecule has 0 bridgehead atoms. The summed E-state index contributed by atoms with van der Waals surface area (Å²) in [5, 5.41) is 21.5. The van der Waals surface area contributed by atoms with Gasteiger partial charge in [-0.1, -0.05) is 12.1 Å². The van der Waals surface area contributed by atoms with E-state index in [-0.39, 0.29) is 11.7 Å². The molecule has 7 nitrogen and oxygen atoms in total. The quantitative estimate of drug-likeness (QED) is 0.487. The first-order chi connectivity index (χ1) is 11.6. The molecule has 7 heteroatoms. The molecule has 2 atom stereocenters. The number of hydrogen-bond acceptors (Lipinski definition) is 6. The monoisotopic (exact) mass is 323 g/mol. The maximum atomic E-state index is 10.8. The molecule has 0 aliphatic carbocycles. The van der Waals surface area contributed by atoms with Crippen LogP contribution in [0.15, 0.2) is 48.5 Å². The number of nitro groups is 1. The maximum Gasteiger partial charge on any atom is 0.269 e. The van der Waals surface area contributed by atoms with E-state index in [4.69, 9.17) is 10.1 Å². The summed E-state index contributed by atoms with van der Waals surface area (Å²) in [4.78, 5) is 26.8. The molecule has 0 aromatic heterocycles. The lowest BCUT2D eigenvalue weighted by molar-refractivity contribution is -0.384. The van der Waals surface area contributed by atoms with Gasteiger partial charge in [-0.15, -0.1) is 0 Å². The predicted octanol–water partition coefficient (Wildman–Crippen LogP) is 3.18. The van der Waals surface area contributed by atoms with Crippen LogP contribution in [0.5, 0.6) is 0 Å². The average Bonchev–Trinajstić information content (AvgIpc) is 3.06. The summed E-state index contributed by atoms with van der Waals surface area (Å²) in [5.74, 6) is 0. The Bertz CT molecular complexity index is 796. The van der Waals surface area contributed by atoms with Gasteiger partial charge in [-0.3, -0.25) is 19.7 Å². The summed E-state index contributed by atoms with van der Waals surface area (Å²) in [5.41, 5.74) is 2.08. The van der Waals surface area contributed by atoms with Crippen molar-refractivity contribution in [2.45, 2.75) is 18.6 Å². The number of non-ortho nitro benzene ring substituents is 1. The molecule has 0 spiro atoms. The van der Waals surface area contributed by atoms with Gasteiger partial charge in [-0.05, 0) is 29.8 Å². The fourth-order valence-electron chi connectivity index (χ4n) is 2.66. The Morgan fingerprint density at radius 3 is 2.42 bits per heavy atom. The molecule has 1 aliphatic heterocycles. The first-order valence-corrected chi connectivity index (χ1v) is 7.27. The normalized spacial score (nSPS) is 19.7. The molecule has 120 valence electrons. The van der Waals surface area contributed by atoms with Gasteiger partial charge in [0, 0.05) is 24.1 Å². The lowest BCUT2D eigenvalue weighted by Gasteiger charge is -2.24. The minimum atomic E-state index is -0.601. The van der Waals surface area contributed by atoms with Gasteiger partial charge in [0.15, 0.2) is 6.10 Å². The molecule has 1 fully saturated rings. The van der Waals surface area contributed by atoms with Gasteiger partial charge in [0.1, 0.15) is 6.29 Å². The molecule has 0 saturated carbocycles. The van der Waals surface area contributed by atoms with E-state index in [2.05, 4.69) is 6.07 Å². The first kappa shape index (κ1) is 15.6. The molecular formula is C17H13N3O4. The zero-order valence-corrected chi connectivity index (χ0v) is 12.5. The Morgan fingerprint density at radius 2 is 1.88 bits per heavy atom. The van der Waals surface area contributed by atoms with E-state index in [1.54, 1.807) is 41.5 Å². The second-order valence-corrected chi connectivity index (χ2v) is 5.36. The third-order valence-corrected chi connectivity index (χ3v) is 3.88. The van der Waals surface area contributed by atoms with Crippen LogP contribution in [0.25, 0.3) is 0 Å². The summed E-state index contributed by atoms with van der Waals surface area (Å²) in [6, 6.07) is 14.9. The molecule has 1 saturated heterocycles. The van der Waals surface area contributed by atoms with Crippen LogP contribution >= 0.6 is 0 Å². The zero-order chi connectivity index (χ0) is 17.1. The number of rotatable bonds is 4. The molecule has 0 amide bonds. The van der Waals surface area contributed by atoms with E-state index >= 15 is 0 Å². The van der Waals surface area contributed by atoms with Gasteiger partial charge in [0.2, 0.25) is 0 Å². The standard InChI is InChI=1S/C17H13N3O4/c18-10-16-9-17(13-3-7-15(8-4-13)20(22)23)19(24-16)14-5-1-12(11-21)2-6-14/h1-8,11,16-17H,9H2/t16-,17+/m1/s1. The van der Waals surface area contributed by atoms with E-state index in [0.717, 1.165) is 11.8 Å². The zero-order valence-electron chi connectivity index (χ0n) is 12.5. The third-order valence-electron chi connectivity index (χ3n) is 3.88. The third kappa shape index (κ3) is 2.95. The highest BCUT2D eigenvalue weighted by Gasteiger charge is 2.35. The number of aldehydes is 1. The van der Waals surface area contributed by atoms with Crippen LogP contribution < -0.4 is 5.06 Å². The van der Waals surface area contributed by atoms with Crippen molar-refractivity contribution >= 4 is 17.7 Å². The maximum absolute atomic E-state index is 10.8. The highest BCUT2D eigenvalue weighted by molar-refractivity contribution is 5.75. The van der Waals surface area contributed by atoms with Crippen molar-refractivity contribution < 1.29 is 14.6 Å². The van der Waals surface area contributed by atoms with Crippen LogP contribution in [0.2, 0.25) is 0 Å². The Hall–Kier alpha value is -3.24. The fraction of sp³-hybridized carbons (Fsp3) is 0.176. The molecular weight excluding hydrogens is 310 g/mol. The smallest absolute Gasteiger partial charge is 0.269 e. The van der Waals surface area contributed by atoms with Crippen molar-refractivity contribution in [1.29, 1.82) is 5.26 Å². The van der Waals surface area contributed by atoms with E-state index in [9.17, 15) is 14.9 Å². The summed E-state index contributed by atoms with van der Waals surface area (Å²) >= 11 is 0. The van der Waals surface area contributed by atoms with E-state index in [0.29, 0.717) is 17.7 Å². The second-order valence-electron chi connectivity index (χ2n) is 5.36. The number of hydrogen-bond donors (Lipinski definition) is 0. The lowest BCUT2D eigenvalue weighted by Crippen LogP contribution is -2.21. The summed E-state index contributed by atoms with van der Waals surface area (Å²) in [7, 11) is 0. The van der Waals surface area contributed by atoms with Gasteiger partial charge in [-0.25, -0.2) is 5.06 Å². The topological polar surface area (TPSA) is 96.5 Å². The number of carbonyl (C=O) groups excluding carboxylic acids is 1. The largest absolute Gasteiger partial charge is 0.298 e. The lowest BCUT2D eigenvalue weighted by atomic mass is 10.0. The molecule has 24 heavy (non-hydrogen) atoms. The fourth-order valence-corrected chi connectivity index (χ4v) is 2.66. The summed E-state index contributed by atoms with van der Waals surface area (Å²) in [6.07, 6.45) is 0.598. The van der Waals surface area contributed by atoms with Crippen LogP contribution in [0.1, 0.15) is 28.4 Å². The molecule has 0 N–H and O–H groups in total. The van der Waals surface area contributed by atoms with Gasteiger partial charge < -0.3 is 0 Å². The van der Waals surface area contributed by atoms with Crippen molar-refractivity contribution in [1.82, 2.24) is 0 Å². The van der Waals surface area contributed by atoms with Crippen molar-refractivity contribution in [2.24, 2.45) is 0 Å². The van der Waals surface area contributed by atoms with Crippen LogP contribution in [-0.2, 0) is 4.84 Å². The number of nitrogens with zero attached hydrogens (tertiary/aromatic N) is 3. The van der Waals surface area contributed by atoms with Gasteiger partial charge in [0.05, 0.1) is 22.7 Å². The minimum Gasteiger partial charge on any atom is -0.298 e. The molecule has 1 heterocycles. The van der Waals surface area contributed by atoms with Crippen LogP contribution in [0, 0.1) is 21.4 Å². The molecule has 2 aromatic rings. The summed E-state index contributed by atoms with van der Waals surface area (Å²) < 4.78 is 0. The molecule has 3 rings (SSSR count). The number of nitro benzene ring substituents is 1. The Morgan fingerprint density at radius 1 is 1.21 bits per heavy atom. The number of nitriles is 1. The summed E-state index contributed by atoms with van der Waals surface area (Å²) in [6.45, 7) is 0. The Kier molecular flexibility index (Phi) is 4.22. The van der Waals surface area contributed by atoms with Crippen molar-refractivity contribution in [2.75, 3.05) is 5.06 Å². The minimum absolute atomic E-state index is 0.0105. The van der Waals surface area contributed by atoms with E-state index in [1.165, 1.54) is 12.1 Å². The highest BCUT2D eigenvalue weighted by Crippen LogP contribution is 2.38.